The molecule has 3 aromatic rings. The Kier molecular flexibility index (Phi) is 8.38. The van der Waals surface area contributed by atoms with Gasteiger partial charge >= 0.3 is 5.97 Å². The number of aryl methyl sites for hydroxylation is 1. The summed E-state index contributed by atoms with van der Waals surface area (Å²) in [5.74, 6) is 0.619. The van der Waals surface area contributed by atoms with E-state index in [9.17, 15) is 9.59 Å². The summed E-state index contributed by atoms with van der Waals surface area (Å²) >= 11 is 0. The highest BCUT2D eigenvalue weighted by atomic mass is 16.5. The van der Waals surface area contributed by atoms with E-state index >= 15 is 0 Å². The number of nitrogens with zero attached hydrogens (tertiary/aromatic N) is 3. The number of aromatic nitrogens is 2. The number of hydrogen-bond donors (Lipinski definition) is 0. The van der Waals surface area contributed by atoms with Gasteiger partial charge < -0.3 is 18.8 Å². The highest BCUT2D eigenvalue weighted by Gasteiger charge is 2.27. The van der Waals surface area contributed by atoms with Crippen LogP contribution in [0.5, 0.6) is 11.5 Å². The zero-order valence-electron chi connectivity index (χ0n) is 21.1. The first-order chi connectivity index (χ1) is 17.5. The number of esters is 1. The van der Waals surface area contributed by atoms with Crippen molar-refractivity contribution in [2.24, 2.45) is 0 Å². The monoisotopic (exact) mass is 491 g/mol. The Balaban J connectivity index is 1.49. The SMILES string of the molecule is COC(=O)c1c(OCc2ccncc2)cc(=O)n2c1CCN([C@@H](C)CCc1ccc(OC)cc1)CC2. The van der Waals surface area contributed by atoms with E-state index in [1.807, 2.05) is 24.3 Å². The Bertz CT molecular complexity index is 1220. The van der Waals surface area contributed by atoms with Gasteiger partial charge in [-0.25, -0.2) is 4.79 Å². The molecule has 0 saturated carbocycles. The minimum absolute atomic E-state index is 0.171. The van der Waals surface area contributed by atoms with Crippen molar-refractivity contribution in [3.8, 4) is 11.5 Å². The minimum Gasteiger partial charge on any atom is -0.497 e. The molecule has 8 heteroatoms. The predicted molar refractivity (Wildman–Crippen MR) is 137 cm³/mol. The first-order valence-electron chi connectivity index (χ1n) is 12.2. The van der Waals surface area contributed by atoms with E-state index < -0.39 is 5.97 Å². The maximum Gasteiger partial charge on any atom is 0.343 e. The summed E-state index contributed by atoms with van der Waals surface area (Å²) in [6.07, 6.45) is 5.85. The fraction of sp³-hybridized carbons (Fsp3) is 0.393. The van der Waals surface area contributed by atoms with E-state index in [1.165, 1.54) is 18.7 Å². The molecule has 0 amide bonds. The maximum absolute atomic E-state index is 13.0. The molecule has 0 spiro atoms. The second-order valence-corrected chi connectivity index (χ2v) is 8.98. The number of carbonyl (C=O) groups is 1. The topological polar surface area (TPSA) is 82.9 Å². The molecule has 1 atom stereocenters. The van der Waals surface area contributed by atoms with Gasteiger partial charge in [-0.2, -0.15) is 0 Å². The Morgan fingerprint density at radius 1 is 1.03 bits per heavy atom. The third-order valence-electron chi connectivity index (χ3n) is 6.79. The zero-order valence-corrected chi connectivity index (χ0v) is 21.1. The zero-order chi connectivity index (χ0) is 25.5. The molecule has 36 heavy (non-hydrogen) atoms. The quantitative estimate of drug-likeness (QED) is 0.424. The van der Waals surface area contributed by atoms with Gasteiger partial charge in [0.1, 0.15) is 23.7 Å². The van der Waals surface area contributed by atoms with Crippen LogP contribution in [0, 0.1) is 0 Å². The van der Waals surface area contributed by atoms with Crippen LogP contribution >= 0.6 is 0 Å². The van der Waals surface area contributed by atoms with Gasteiger partial charge in [-0.05, 0) is 55.2 Å². The van der Waals surface area contributed by atoms with Crippen molar-refractivity contribution >= 4 is 5.97 Å². The molecule has 8 nitrogen and oxygen atoms in total. The van der Waals surface area contributed by atoms with Crippen molar-refractivity contribution in [1.82, 2.24) is 14.5 Å². The first-order valence-corrected chi connectivity index (χ1v) is 12.2. The van der Waals surface area contributed by atoms with Gasteiger partial charge in [-0.15, -0.1) is 0 Å². The lowest BCUT2D eigenvalue weighted by Gasteiger charge is -2.27. The van der Waals surface area contributed by atoms with Gasteiger partial charge in [0.05, 0.1) is 14.2 Å². The van der Waals surface area contributed by atoms with E-state index in [4.69, 9.17) is 14.2 Å². The average Bonchev–Trinajstić information content (AvgIpc) is 3.15. The lowest BCUT2D eigenvalue weighted by Crippen LogP contribution is -2.36. The highest BCUT2D eigenvalue weighted by Crippen LogP contribution is 2.26. The van der Waals surface area contributed by atoms with Crippen molar-refractivity contribution in [3.05, 3.63) is 87.6 Å². The molecule has 0 unspecified atom stereocenters. The van der Waals surface area contributed by atoms with Crippen LogP contribution in [0.2, 0.25) is 0 Å². The molecular formula is C28H33N3O5. The second kappa shape index (κ2) is 11.9. The molecule has 0 N–H and O–H groups in total. The summed E-state index contributed by atoms with van der Waals surface area (Å²) in [4.78, 5) is 32.2. The summed E-state index contributed by atoms with van der Waals surface area (Å²) in [6.45, 7) is 4.42. The van der Waals surface area contributed by atoms with Crippen LogP contribution in [0.4, 0.5) is 0 Å². The van der Waals surface area contributed by atoms with Crippen LogP contribution < -0.4 is 15.0 Å². The van der Waals surface area contributed by atoms with Gasteiger partial charge in [0, 0.05) is 56.3 Å². The number of fused-ring (bicyclic) bond motifs is 1. The van der Waals surface area contributed by atoms with Crippen LogP contribution in [0.25, 0.3) is 0 Å². The molecule has 0 aliphatic carbocycles. The number of ether oxygens (including phenoxy) is 3. The lowest BCUT2D eigenvalue weighted by atomic mass is 10.0. The van der Waals surface area contributed by atoms with Crippen LogP contribution in [-0.2, 0) is 30.7 Å². The Hall–Kier alpha value is -3.65. The molecule has 3 heterocycles. The fourth-order valence-electron chi connectivity index (χ4n) is 4.63. The molecule has 0 bridgehead atoms. The molecule has 0 saturated heterocycles. The van der Waals surface area contributed by atoms with Gasteiger partial charge in [0.25, 0.3) is 5.56 Å². The third kappa shape index (κ3) is 5.94. The van der Waals surface area contributed by atoms with Gasteiger partial charge in [-0.3, -0.25) is 14.7 Å². The standard InChI is InChI=1S/C28H33N3O5/c1-20(4-5-21-6-8-23(34-2)9-7-21)30-15-12-24-27(28(33)35-3)25(18-26(32)31(24)17-16-30)36-19-22-10-13-29-14-11-22/h6-11,13-14,18,20H,4-5,12,15-17,19H2,1-3H3/t20-/m0/s1. The second-order valence-electron chi connectivity index (χ2n) is 8.98. The molecule has 0 fully saturated rings. The summed E-state index contributed by atoms with van der Waals surface area (Å²) in [5.41, 5.74) is 2.99. The molecule has 0 radical (unpaired) electrons. The predicted octanol–water partition coefficient (Wildman–Crippen LogP) is 3.50. The van der Waals surface area contributed by atoms with Crippen LogP contribution in [0.15, 0.2) is 59.7 Å². The summed E-state index contributed by atoms with van der Waals surface area (Å²) in [7, 11) is 3.02. The number of rotatable bonds is 9. The Labute approximate surface area is 211 Å². The average molecular weight is 492 g/mol. The lowest BCUT2D eigenvalue weighted by molar-refractivity contribution is 0.0592. The molecule has 2 aromatic heterocycles. The molecular weight excluding hydrogens is 458 g/mol. The highest BCUT2D eigenvalue weighted by molar-refractivity contribution is 5.93. The van der Waals surface area contributed by atoms with Gasteiger partial charge in [0.2, 0.25) is 0 Å². The normalized spacial score (nSPS) is 14.4. The van der Waals surface area contributed by atoms with E-state index in [0.717, 1.165) is 37.2 Å². The number of benzene rings is 1. The largest absolute Gasteiger partial charge is 0.497 e. The Morgan fingerprint density at radius 3 is 2.47 bits per heavy atom. The number of hydrogen-bond acceptors (Lipinski definition) is 7. The third-order valence-corrected chi connectivity index (χ3v) is 6.79. The maximum atomic E-state index is 13.0. The summed E-state index contributed by atoms with van der Waals surface area (Å²) in [5, 5.41) is 0. The van der Waals surface area contributed by atoms with Crippen LogP contribution in [0.1, 0.15) is 40.5 Å². The molecule has 1 aliphatic rings. The van der Waals surface area contributed by atoms with E-state index in [1.54, 1.807) is 24.1 Å². The number of pyridine rings is 2. The molecule has 4 rings (SSSR count). The van der Waals surface area contributed by atoms with E-state index in [2.05, 4.69) is 28.9 Å². The van der Waals surface area contributed by atoms with Crippen LogP contribution in [-0.4, -0.2) is 53.8 Å². The molecule has 1 aromatic carbocycles. The van der Waals surface area contributed by atoms with Crippen molar-refractivity contribution in [2.45, 2.75) is 45.4 Å². The van der Waals surface area contributed by atoms with Crippen molar-refractivity contribution in [3.63, 3.8) is 0 Å². The Morgan fingerprint density at radius 2 is 1.78 bits per heavy atom. The minimum atomic E-state index is -0.496. The first kappa shape index (κ1) is 25.4. The van der Waals surface area contributed by atoms with E-state index in [-0.39, 0.29) is 17.9 Å². The fourth-order valence-corrected chi connectivity index (χ4v) is 4.63. The van der Waals surface area contributed by atoms with E-state index in [0.29, 0.717) is 30.3 Å². The number of methoxy groups -OCH3 is 2. The smallest absolute Gasteiger partial charge is 0.343 e. The van der Waals surface area contributed by atoms with Crippen molar-refractivity contribution in [2.75, 3.05) is 27.3 Å². The van der Waals surface area contributed by atoms with Gasteiger partial charge in [0.15, 0.2) is 0 Å². The van der Waals surface area contributed by atoms with Crippen molar-refractivity contribution < 1.29 is 19.0 Å². The summed E-state index contributed by atoms with van der Waals surface area (Å²) < 4.78 is 18.0. The van der Waals surface area contributed by atoms with Crippen LogP contribution in [0.3, 0.4) is 0 Å². The van der Waals surface area contributed by atoms with Crippen molar-refractivity contribution in [1.29, 1.82) is 0 Å². The summed E-state index contributed by atoms with van der Waals surface area (Å²) in [6, 6.07) is 13.5. The molecule has 190 valence electrons. The molecule has 1 aliphatic heterocycles. The number of carbonyl (C=O) groups excluding carboxylic acids is 1. The van der Waals surface area contributed by atoms with Gasteiger partial charge in [-0.1, -0.05) is 12.1 Å².